The number of amides is 1. The molecule has 2 heterocycles. The second-order valence-corrected chi connectivity index (χ2v) is 5.30. The maximum atomic E-state index is 12.2. The van der Waals surface area contributed by atoms with Gasteiger partial charge in [0.05, 0.1) is 5.69 Å². The summed E-state index contributed by atoms with van der Waals surface area (Å²) < 4.78 is 0. The number of nitrogen functional groups attached to an aromatic ring is 1. The van der Waals surface area contributed by atoms with Gasteiger partial charge in [-0.2, -0.15) is 0 Å². The lowest BCUT2D eigenvalue weighted by molar-refractivity contribution is -0.136. The van der Waals surface area contributed by atoms with Gasteiger partial charge in [0, 0.05) is 26.3 Å². The molecular formula is C13H20N4O. The number of hydrogen-bond acceptors (Lipinski definition) is 4. The van der Waals surface area contributed by atoms with E-state index >= 15 is 0 Å². The fraction of sp³-hybridized carbons (Fsp3) is 0.538. The van der Waals surface area contributed by atoms with Crippen molar-refractivity contribution in [2.24, 2.45) is 0 Å². The topological polar surface area (TPSA) is 62.5 Å². The van der Waals surface area contributed by atoms with E-state index in [1.165, 1.54) is 0 Å². The Labute approximate surface area is 108 Å². The molecule has 98 valence electrons. The molecule has 0 atom stereocenters. The largest absolute Gasteiger partial charge is 0.396 e. The third-order valence-corrected chi connectivity index (χ3v) is 3.65. The number of carbonyl (C=O) groups is 1. The molecule has 0 saturated carbocycles. The predicted molar refractivity (Wildman–Crippen MR) is 72.4 cm³/mol. The van der Waals surface area contributed by atoms with Crippen LogP contribution in [-0.4, -0.2) is 41.5 Å². The highest BCUT2D eigenvalue weighted by atomic mass is 16.2. The van der Waals surface area contributed by atoms with E-state index in [0.717, 1.165) is 12.1 Å². The Morgan fingerprint density at radius 3 is 2.72 bits per heavy atom. The van der Waals surface area contributed by atoms with Crippen LogP contribution >= 0.6 is 0 Å². The van der Waals surface area contributed by atoms with Gasteiger partial charge < -0.3 is 15.5 Å². The van der Waals surface area contributed by atoms with Crippen molar-refractivity contribution in [3.63, 3.8) is 0 Å². The number of rotatable bonds is 1. The third-order valence-electron chi connectivity index (χ3n) is 3.65. The third kappa shape index (κ3) is 1.79. The lowest BCUT2D eigenvalue weighted by Crippen LogP contribution is -2.62. The van der Waals surface area contributed by atoms with E-state index in [1.54, 1.807) is 11.1 Å². The van der Waals surface area contributed by atoms with E-state index in [4.69, 9.17) is 5.73 Å². The molecule has 2 rings (SSSR count). The van der Waals surface area contributed by atoms with Crippen molar-refractivity contribution in [2.75, 3.05) is 30.8 Å². The first-order chi connectivity index (χ1) is 8.35. The van der Waals surface area contributed by atoms with Crippen LogP contribution in [0.3, 0.4) is 0 Å². The molecule has 1 amide bonds. The zero-order valence-corrected chi connectivity index (χ0v) is 11.4. The second-order valence-electron chi connectivity index (χ2n) is 5.30. The van der Waals surface area contributed by atoms with E-state index in [-0.39, 0.29) is 5.91 Å². The summed E-state index contributed by atoms with van der Waals surface area (Å²) in [6.45, 7) is 7.21. The summed E-state index contributed by atoms with van der Waals surface area (Å²) in [5.41, 5.74) is 7.12. The van der Waals surface area contributed by atoms with Gasteiger partial charge in [-0.1, -0.05) is 0 Å². The molecule has 1 aromatic heterocycles. The van der Waals surface area contributed by atoms with Crippen molar-refractivity contribution in [1.82, 2.24) is 9.88 Å². The molecule has 0 unspecified atom stereocenters. The number of pyridine rings is 1. The highest BCUT2D eigenvalue weighted by Gasteiger charge is 2.41. The van der Waals surface area contributed by atoms with Crippen LogP contribution in [-0.2, 0) is 4.79 Å². The Kier molecular flexibility index (Phi) is 2.92. The van der Waals surface area contributed by atoms with E-state index in [1.807, 2.05) is 38.8 Å². The highest BCUT2D eigenvalue weighted by molar-refractivity contribution is 5.91. The minimum absolute atomic E-state index is 0.0939. The number of anilines is 2. The fourth-order valence-electron chi connectivity index (χ4n) is 2.35. The van der Waals surface area contributed by atoms with Crippen molar-refractivity contribution in [2.45, 2.75) is 26.3 Å². The molecule has 0 radical (unpaired) electrons. The summed E-state index contributed by atoms with van der Waals surface area (Å²) in [5, 5.41) is 0. The summed E-state index contributed by atoms with van der Waals surface area (Å²) in [4.78, 5) is 20.3. The lowest BCUT2D eigenvalue weighted by atomic mass is 9.97. The molecule has 1 fully saturated rings. The summed E-state index contributed by atoms with van der Waals surface area (Å²) in [5.74, 6) is 0.804. The number of carbonyl (C=O) groups excluding carboxylic acids is 1. The first kappa shape index (κ1) is 12.7. The molecule has 2 N–H and O–H groups in total. The van der Waals surface area contributed by atoms with Crippen LogP contribution < -0.4 is 10.6 Å². The number of aryl methyl sites for hydroxylation is 1. The van der Waals surface area contributed by atoms with Gasteiger partial charge in [-0.3, -0.25) is 4.79 Å². The summed E-state index contributed by atoms with van der Waals surface area (Å²) >= 11 is 0. The number of nitrogens with two attached hydrogens (primary N) is 1. The Bertz CT molecular complexity index is 484. The quantitative estimate of drug-likeness (QED) is 0.806. The van der Waals surface area contributed by atoms with Crippen LogP contribution in [0.2, 0.25) is 0 Å². The van der Waals surface area contributed by atoms with Crippen molar-refractivity contribution in [3.05, 3.63) is 17.8 Å². The zero-order valence-electron chi connectivity index (χ0n) is 11.4. The number of aromatic nitrogens is 1. The molecule has 1 aliphatic heterocycles. The Morgan fingerprint density at radius 2 is 2.06 bits per heavy atom. The minimum Gasteiger partial charge on any atom is -0.396 e. The summed E-state index contributed by atoms with van der Waals surface area (Å²) in [6.07, 6.45) is 1.74. The van der Waals surface area contributed by atoms with Gasteiger partial charge in [0.25, 0.3) is 0 Å². The Hall–Kier alpha value is -1.78. The monoisotopic (exact) mass is 248 g/mol. The van der Waals surface area contributed by atoms with Gasteiger partial charge in [-0.25, -0.2) is 4.98 Å². The van der Waals surface area contributed by atoms with Gasteiger partial charge >= 0.3 is 0 Å². The summed E-state index contributed by atoms with van der Waals surface area (Å²) in [7, 11) is 1.83. The lowest BCUT2D eigenvalue weighted by Gasteiger charge is -2.45. The van der Waals surface area contributed by atoms with Crippen LogP contribution in [0.25, 0.3) is 0 Å². The number of likely N-dealkylation sites (N-methyl/N-ethyl adjacent to an activating group) is 1. The van der Waals surface area contributed by atoms with Crippen LogP contribution in [0, 0.1) is 6.92 Å². The van der Waals surface area contributed by atoms with Crippen molar-refractivity contribution < 1.29 is 4.79 Å². The average molecular weight is 248 g/mol. The normalized spacial score (nSPS) is 19.2. The molecular weight excluding hydrogens is 228 g/mol. The first-order valence-electron chi connectivity index (χ1n) is 6.10. The van der Waals surface area contributed by atoms with Crippen LogP contribution in [0.15, 0.2) is 12.3 Å². The molecule has 0 aromatic carbocycles. The van der Waals surface area contributed by atoms with Crippen LogP contribution in [0.4, 0.5) is 11.5 Å². The van der Waals surface area contributed by atoms with Gasteiger partial charge in [-0.05, 0) is 32.4 Å². The Morgan fingerprint density at radius 1 is 1.39 bits per heavy atom. The zero-order chi connectivity index (χ0) is 13.5. The smallest absolute Gasteiger partial charge is 0.247 e. The standard InChI is InChI=1S/C13H20N4O/c1-9-5-6-15-11(10(9)14)17-8-7-16(4)12(18)13(17,2)3/h5-6H,7-8,14H2,1-4H3. The van der Waals surface area contributed by atoms with Crippen LogP contribution in [0.5, 0.6) is 0 Å². The van der Waals surface area contributed by atoms with E-state index < -0.39 is 5.54 Å². The molecule has 5 nitrogen and oxygen atoms in total. The van der Waals surface area contributed by atoms with Crippen molar-refractivity contribution >= 4 is 17.4 Å². The molecule has 1 saturated heterocycles. The van der Waals surface area contributed by atoms with Gasteiger partial charge in [-0.15, -0.1) is 0 Å². The van der Waals surface area contributed by atoms with E-state index in [2.05, 4.69) is 4.98 Å². The Balaban J connectivity index is 2.45. The second kappa shape index (κ2) is 4.15. The van der Waals surface area contributed by atoms with Gasteiger partial charge in [0.1, 0.15) is 5.54 Å². The number of nitrogens with zero attached hydrogens (tertiary/aromatic N) is 3. The van der Waals surface area contributed by atoms with Gasteiger partial charge in [0.15, 0.2) is 5.82 Å². The van der Waals surface area contributed by atoms with Gasteiger partial charge in [0.2, 0.25) is 5.91 Å². The molecule has 18 heavy (non-hydrogen) atoms. The predicted octanol–water partition coefficient (Wildman–Crippen LogP) is 1.03. The molecule has 1 aromatic rings. The highest BCUT2D eigenvalue weighted by Crippen LogP contribution is 2.32. The first-order valence-corrected chi connectivity index (χ1v) is 6.10. The number of piperazine rings is 1. The van der Waals surface area contributed by atoms with E-state index in [0.29, 0.717) is 18.1 Å². The maximum Gasteiger partial charge on any atom is 0.247 e. The minimum atomic E-state index is -0.609. The van der Waals surface area contributed by atoms with Crippen molar-refractivity contribution in [1.29, 1.82) is 0 Å². The van der Waals surface area contributed by atoms with E-state index in [9.17, 15) is 4.79 Å². The summed E-state index contributed by atoms with van der Waals surface area (Å²) in [6, 6.07) is 1.88. The average Bonchev–Trinajstić information content (AvgIpc) is 2.31. The van der Waals surface area contributed by atoms with Crippen LogP contribution in [0.1, 0.15) is 19.4 Å². The van der Waals surface area contributed by atoms with Crippen molar-refractivity contribution in [3.8, 4) is 0 Å². The molecule has 5 heteroatoms. The molecule has 1 aliphatic rings. The molecule has 0 bridgehead atoms. The molecule has 0 aliphatic carbocycles. The molecule has 0 spiro atoms. The number of hydrogen-bond donors (Lipinski definition) is 1. The fourth-order valence-corrected chi connectivity index (χ4v) is 2.35. The maximum absolute atomic E-state index is 12.2. The SMILES string of the molecule is Cc1ccnc(N2CCN(C)C(=O)C2(C)C)c1N.